The normalized spacial score (nSPS) is 14.2. The number of aromatic hydroxyl groups is 1. The van der Waals surface area contributed by atoms with Gasteiger partial charge in [0, 0.05) is 14.3 Å². The van der Waals surface area contributed by atoms with Gasteiger partial charge in [0.25, 0.3) is 0 Å². The zero-order valence-corrected chi connectivity index (χ0v) is 14.2. The Morgan fingerprint density at radius 3 is 2.71 bits per heavy atom. The van der Waals surface area contributed by atoms with E-state index in [1.54, 1.807) is 17.8 Å². The van der Waals surface area contributed by atoms with Gasteiger partial charge in [-0.05, 0) is 67.6 Å². The minimum absolute atomic E-state index is 0.335. The Morgan fingerprint density at radius 1 is 1.19 bits per heavy atom. The van der Waals surface area contributed by atoms with Crippen molar-refractivity contribution in [2.45, 2.75) is 29.6 Å². The van der Waals surface area contributed by atoms with Crippen molar-refractivity contribution >= 4 is 27.7 Å². The molecule has 0 spiro atoms. The number of ether oxygens (including phenoxy) is 1. The summed E-state index contributed by atoms with van der Waals surface area (Å²) in [5.74, 6) is 2.00. The highest BCUT2D eigenvalue weighted by Gasteiger charge is 2.22. The Bertz CT molecular complexity index is 653. The second kappa shape index (κ2) is 6.32. The zero-order valence-electron chi connectivity index (χ0n) is 11.8. The molecule has 2 nitrogen and oxygen atoms in total. The van der Waals surface area contributed by atoms with Crippen molar-refractivity contribution in [1.29, 1.82) is 0 Å². The molecule has 0 amide bonds. The van der Waals surface area contributed by atoms with E-state index in [2.05, 4.69) is 28.1 Å². The lowest BCUT2D eigenvalue weighted by atomic mass is 10.2. The Morgan fingerprint density at radius 2 is 2.00 bits per heavy atom. The molecule has 0 aromatic heterocycles. The third kappa shape index (κ3) is 4.17. The second-order valence-corrected chi connectivity index (χ2v) is 7.49. The van der Waals surface area contributed by atoms with E-state index in [9.17, 15) is 5.11 Å². The molecule has 110 valence electrons. The molecular formula is C17H17BrO2S. The van der Waals surface area contributed by atoms with E-state index in [0.717, 1.165) is 38.1 Å². The van der Waals surface area contributed by atoms with Gasteiger partial charge in [0.2, 0.25) is 0 Å². The molecule has 1 fully saturated rings. The fraction of sp³-hybridized carbons (Fsp3) is 0.294. The van der Waals surface area contributed by atoms with Crippen LogP contribution in [0.4, 0.5) is 0 Å². The van der Waals surface area contributed by atoms with Gasteiger partial charge in [-0.2, -0.15) is 0 Å². The van der Waals surface area contributed by atoms with Crippen LogP contribution < -0.4 is 4.74 Å². The molecule has 0 atom stereocenters. The van der Waals surface area contributed by atoms with Gasteiger partial charge in [-0.1, -0.05) is 27.7 Å². The Hall–Kier alpha value is -1.13. The summed E-state index contributed by atoms with van der Waals surface area (Å²) in [5.41, 5.74) is 0.889. The number of phenols is 1. The average molecular weight is 365 g/mol. The molecule has 21 heavy (non-hydrogen) atoms. The Kier molecular flexibility index (Phi) is 4.45. The first-order chi connectivity index (χ1) is 10.1. The van der Waals surface area contributed by atoms with Crippen molar-refractivity contribution in [3.05, 3.63) is 46.4 Å². The van der Waals surface area contributed by atoms with Crippen LogP contribution in [-0.4, -0.2) is 11.7 Å². The topological polar surface area (TPSA) is 29.5 Å². The number of halogens is 1. The summed E-state index contributed by atoms with van der Waals surface area (Å²) in [7, 11) is 0. The maximum absolute atomic E-state index is 9.59. The lowest BCUT2D eigenvalue weighted by Crippen LogP contribution is -1.98. The molecule has 0 bridgehead atoms. The molecule has 0 radical (unpaired) electrons. The molecule has 0 unspecified atom stereocenters. The summed E-state index contributed by atoms with van der Waals surface area (Å²) >= 11 is 5.21. The van der Waals surface area contributed by atoms with Crippen molar-refractivity contribution in [3.8, 4) is 11.5 Å². The van der Waals surface area contributed by atoms with E-state index >= 15 is 0 Å². The third-order valence-electron chi connectivity index (χ3n) is 3.43. The van der Waals surface area contributed by atoms with Gasteiger partial charge in [0.1, 0.15) is 11.5 Å². The van der Waals surface area contributed by atoms with Gasteiger partial charge in [-0.3, -0.25) is 0 Å². The molecule has 1 aliphatic rings. The van der Waals surface area contributed by atoms with Crippen molar-refractivity contribution in [1.82, 2.24) is 0 Å². The standard InChI is InChI=1S/C17H17BrO2S/c1-11-6-15(4-5-17(11)19)21-16-8-13(18)7-14(9-16)20-10-12-2-3-12/h4-9,12,19H,2-3,10H2,1H3. The maximum Gasteiger partial charge on any atom is 0.121 e. The smallest absolute Gasteiger partial charge is 0.121 e. The number of phenolic OH excluding ortho intramolecular Hbond substituents is 1. The SMILES string of the molecule is Cc1cc(Sc2cc(Br)cc(OCC3CC3)c2)ccc1O. The summed E-state index contributed by atoms with van der Waals surface area (Å²) < 4.78 is 6.87. The Balaban J connectivity index is 1.75. The number of benzene rings is 2. The molecule has 3 rings (SSSR count). The van der Waals surface area contributed by atoms with Crippen LogP contribution in [0.3, 0.4) is 0 Å². The van der Waals surface area contributed by atoms with Crippen LogP contribution in [0.2, 0.25) is 0 Å². The van der Waals surface area contributed by atoms with Gasteiger partial charge in [-0.15, -0.1) is 0 Å². The van der Waals surface area contributed by atoms with E-state index in [1.165, 1.54) is 12.8 Å². The Labute approximate surface area is 137 Å². The van der Waals surface area contributed by atoms with E-state index in [0.29, 0.717) is 5.75 Å². The lowest BCUT2D eigenvalue weighted by molar-refractivity contribution is 0.299. The number of hydrogen-bond acceptors (Lipinski definition) is 3. The highest BCUT2D eigenvalue weighted by atomic mass is 79.9. The summed E-state index contributed by atoms with van der Waals surface area (Å²) in [5, 5.41) is 9.59. The van der Waals surface area contributed by atoms with E-state index in [-0.39, 0.29) is 0 Å². The molecule has 2 aromatic carbocycles. The summed E-state index contributed by atoms with van der Waals surface area (Å²) in [4.78, 5) is 2.23. The van der Waals surface area contributed by atoms with Gasteiger partial charge in [0.05, 0.1) is 6.61 Å². The average Bonchev–Trinajstić information content (AvgIpc) is 3.24. The van der Waals surface area contributed by atoms with Gasteiger partial charge in [0.15, 0.2) is 0 Å². The fourth-order valence-corrected chi connectivity index (χ4v) is 3.63. The molecular weight excluding hydrogens is 348 g/mol. The molecule has 0 saturated heterocycles. The predicted octanol–water partition coefficient (Wildman–Crippen LogP) is 5.40. The molecule has 4 heteroatoms. The highest BCUT2D eigenvalue weighted by Crippen LogP contribution is 2.35. The van der Waals surface area contributed by atoms with E-state index in [1.807, 2.05) is 25.1 Å². The number of rotatable bonds is 5. The van der Waals surface area contributed by atoms with Crippen LogP contribution >= 0.6 is 27.7 Å². The number of aryl methyl sites for hydroxylation is 1. The fourth-order valence-electron chi connectivity index (χ4n) is 2.01. The van der Waals surface area contributed by atoms with Crippen molar-refractivity contribution in [2.24, 2.45) is 5.92 Å². The molecule has 1 N–H and O–H groups in total. The van der Waals surface area contributed by atoms with Gasteiger partial charge >= 0.3 is 0 Å². The lowest BCUT2D eigenvalue weighted by Gasteiger charge is -2.09. The second-order valence-electron chi connectivity index (χ2n) is 5.43. The van der Waals surface area contributed by atoms with Crippen molar-refractivity contribution < 1.29 is 9.84 Å². The van der Waals surface area contributed by atoms with Crippen LogP contribution in [0.15, 0.2) is 50.7 Å². The highest BCUT2D eigenvalue weighted by molar-refractivity contribution is 9.10. The molecule has 2 aromatic rings. The van der Waals surface area contributed by atoms with Gasteiger partial charge in [-0.25, -0.2) is 0 Å². The summed E-state index contributed by atoms with van der Waals surface area (Å²) in [6.07, 6.45) is 2.59. The maximum atomic E-state index is 9.59. The van der Waals surface area contributed by atoms with Crippen LogP contribution in [0, 0.1) is 12.8 Å². The quantitative estimate of drug-likeness (QED) is 0.769. The van der Waals surface area contributed by atoms with Crippen LogP contribution in [0.5, 0.6) is 11.5 Å². The van der Waals surface area contributed by atoms with E-state index in [4.69, 9.17) is 4.74 Å². The monoisotopic (exact) mass is 364 g/mol. The molecule has 1 aliphatic carbocycles. The largest absolute Gasteiger partial charge is 0.508 e. The molecule has 0 aliphatic heterocycles. The van der Waals surface area contributed by atoms with Gasteiger partial charge < -0.3 is 9.84 Å². The van der Waals surface area contributed by atoms with E-state index < -0.39 is 0 Å². The molecule has 0 heterocycles. The predicted molar refractivity (Wildman–Crippen MR) is 89.3 cm³/mol. The summed E-state index contributed by atoms with van der Waals surface area (Å²) in [6.45, 7) is 2.73. The van der Waals surface area contributed by atoms with Crippen LogP contribution in [-0.2, 0) is 0 Å². The van der Waals surface area contributed by atoms with Crippen molar-refractivity contribution in [2.75, 3.05) is 6.61 Å². The summed E-state index contributed by atoms with van der Waals surface area (Å²) in [6, 6.07) is 11.8. The minimum atomic E-state index is 0.335. The first-order valence-corrected chi connectivity index (χ1v) is 8.62. The third-order valence-corrected chi connectivity index (χ3v) is 4.85. The minimum Gasteiger partial charge on any atom is -0.508 e. The number of hydrogen-bond donors (Lipinski definition) is 1. The first kappa shape index (κ1) is 14.8. The van der Waals surface area contributed by atoms with Crippen molar-refractivity contribution in [3.63, 3.8) is 0 Å². The molecule has 1 saturated carbocycles. The van der Waals surface area contributed by atoms with Crippen LogP contribution in [0.1, 0.15) is 18.4 Å². The van der Waals surface area contributed by atoms with Crippen LogP contribution in [0.25, 0.3) is 0 Å². The first-order valence-electron chi connectivity index (χ1n) is 7.01. The zero-order chi connectivity index (χ0) is 14.8.